The molecule has 0 amide bonds. The molecule has 16 heavy (non-hydrogen) atoms. The Balaban J connectivity index is 1.98. The minimum Gasteiger partial charge on any atom is -0.492 e. The van der Waals surface area contributed by atoms with Gasteiger partial charge >= 0.3 is 0 Å². The number of nitrogens with zero attached hydrogens (tertiary/aromatic N) is 2. The Bertz CT molecular complexity index is 380. The summed E-state index contributed by atoms with van der Waals surface area (Å²) in [6, 6.07) is 2.75. The summed E-state index contributed by atoms with van der Waals surface area (Å²) >= 11 is 0. The quantitative estimate of drug-likeness (QED) is 0.743. The number of hydrogen-bond acceptors (Lipinski definition) is 3. The van der Waals surface area contributed by atoms with Crippen molar-refractivity contribution >= 4 is 5.76 Å². The lowest BCUT2D eigenvalue weighted by Gasteiger charge is -2.01. The molecular weight excluding hydrogens is 202 g/mol. The second-order valence-electron chi connectivity index (χ2n) is 4.16. The molecule has 0 bridgehead atoms. The molecule has 1 fully saturated rings. The van der Waals surface area contributed by atoms with Crippen LogP contribution in [0.15, 0.2) is 12.6 Å². The normalized spacial score (nSPS) is 15.1. The van der Waals surface area contributed by atoms with E-state index in [1.165, 1.54) is 18.5 Å². The minimum atomic E-state index is 0.630. The largest absolute Gasteiger partial charge is 0.492 e. The summed E-state index contributed by atoms with van der Waals surface area (Å²) < 4.78 is 7.23. The summed E-state index contributed by atoms with van der Waals surface area (Å²) in [5, 5.41) is 7.85. The predicted molar refractivity (Wildman–Crippen MR) is 63.7 cm³/mol. The molecule has 0 unspecified atom stereocenters. The number of nitrogens with one attached hydrogen (secondary N) is 1. The maximum atomic E-state index is 5.34. The molecule has 1 aliphatic carbocycles. The molecule has 4 heteroatoms. The van der Waals surface area contributed by atoms with Crippen LogP contribution in [-0.4, -0.2) is 22.4 Å². The van der Waals surface area contributed by atoms with Gasteiger partial charge in [-0.05, 0) is 25.8 Å². The van der Waals surface area contributed by atoms with E-state index in [0.29, 0.717) is 18.4 Å². The van der Waals surface area contributed by atoms with Crippen molar-refractivity contribution in [2.45, 2.75) is 32.4 Å². The number of rotatable bonds is 6. The number of hydrogen-bond donors (Lipinski definition) is 1. The van der Waals surface area contributed by atoms with Crippen molar-refractivity contribution in [3.8, 4) is 0 Å². The number of ether oxygens (including phenoxy) is 1. The molecule has 4 nitrogen and oxygen atoms in total. The Morgan fingerprint density at radius 3 is 3.06 bits per heavy atom. The van der Waals surface area contributed by atoms with Crippen LogP contribution in [0.2, 0.25) is 0 Å². The van der Waals surface area contributed by atoms with Crippen molar-refractivity contribution in [3.05, 3.63) is 24.0 Å². The molecule has 88 valence electrons. The number of aromatic nitrogens is 2. The predicted octanol–water partition coefficient (Wildman–Crippen LogP) is 1.68. The molecule has 0 spiro atoms. The molecule has 2 rings (SSSR count). The molecule has 0 radical (unpaired) electrons. The molecule has 0 saturated heterocycles. The van der Waals surface area contributed by atoms with Gasteiger partial charge in [-0.1, -0.05) is 6.58 Å². The molecule has 1 aromatic rings. The maximum Gasteiger partial charge on any atom is 0.139 e. The zero-order valence-corrected chi connectivity index (χ0v) is 9.99. The second-order valence-corrected chi connectivity index (χ2v) is 4.16. The van der Waals surface area contributed by atoms with E-state index in [2.05, 4.69) is 17.0 Å². The van der Waals surface area contributed by atoms with Crippen molar-refractivity contribution < 1.29 is 4.74 Å². The second kappa shape index (κ2) is 4.70. The summed E-state index contributed by atoms with van der Waals surface area (Å²) in [5.41, 5.74) is 2.00. The standard InChI is InChI=1S/C12H19N3O/c1-4-16-9(2)12-7-11(15(3)14-12)8-13-10-5-6-10/h7,10,13H,2,4-6,8H2,1,3H3. The van der Waals surface area contributed by atoms with Crippen molar-refractivity contribution in [2.75, 3.05) is 6.61 Å². The van der Waals surface area contributed by atoms with Crippen LogP contribution in [0.1, 0.15) is 31.2 Å². The van der Waals surface area contributed by atoms with Crippen molar-refractivity contribution in [2.24, 2.45) is 7.05 Å². The third kappa shape index (κ3) is 2.64. The third-order valence-electron chi connectivity index (χ3n) is 2.73. The van der Waals surface area contributed by atoms with Gasteiger partial charge in [0.05, 0.1) is 12.3 Å². The van der Waals surface area contributed by atoms with E-state index in [0.717, 1.165) is 12.2 Å². The fourth-order valence-electron chi connectivity index (χ4n) is 1.59. The Hall–Kier alpha value is -1.29. The summed E-state index contributed by atoms with van der Waals surface area (Å²) in [7, 11) is 1.95. The van der Waals surface area contributed by atoms with E-state index in [1.54, 1.807) is 0 Å². The van der Waals surface area contributed by atoms with Gasteiger partial charge in [0.2, 0.25) is 0 Å². The highest BCUT2D eigenvalue weighted by molar-refractivity contribution is 5.53. The fraction of sp³-hybridized carbons (Fsp3) is 0.583. The Morgan fingerprint density at radius 1 is 1.69 bits per heavy atom. The van der Waals surface area contributed by atoms with Crippen LogP contribution >= 0.6 is 0 Å². The van der Waals surface area contributed by atoms with Crippen LogP contribution < -0.4 is 5.32 Å². The summed E-state index contributed by atoms with van der Waals surface area (Å²) in [6.45, 7) is 7.30. The van der Waals surface area contributed by atoms with E-state index in [1.807, 2.05) is 24.7 Å². The van der Waals surface area contributed by atoms with Gasteiger partial charge in [0.15, 0.2) is 0 Å². The first-order valence-electron chi connectivity index (χ1n) is 5.79. The molecule has 1 aliphatic rings. The molecule has 1 aromatic heterocycles. The average Bonchev–Trinajstić information content (AvgIpc) is 3.00. The molecule has 1 heterocycles. The molecule has 1 N–H and O–H groups in total. The zero-order valence-electron chi connectivity index (χ0n) is 9.99. The van der Waals surface area contributed by atoms with Crippen LogP contribution in [-0.2, 0) is 18.3 Å². The lowest BCUT2D eigenvalue weighted by Crippen LogP contribution is -2.17. The van der Waals surface area contributed by atoms with Crippen LogP contribution in [0, 0.1) is 0 Å². The van der Waals surface area contributed by atoms with Crippen molar-refractivity contribution in [1.29, 1.82) is 0 Å². The van der Waals surface area contributed by atoms with Gasteiger partial charge in [-0.25, -0.2) is 0 Å². The van der Waals surface area contributed by atoms with Crippen molar-refractivity contribution in [3.63, 3.8) is 0 Å². The third-order valence-corrected chi connectivity index (χ3v) is 2.73. The first-order valence-corrected chi connectivity index (χ1v) is 5.79. The van der Waals surface area contributed by atoms with Gasteiger partial charge in [0.25, 0.3) is 0 Å². The fourth-order valence-corrected chi connectivity index (χ4v) is 1.59. The van der Waals surface area contributed by atoms with E-state index in [-0.39, 0.29) is 0 Å². The van der Waals surface area contributed by atoms with Gasteiger partial charge in [-0.3, -0.25) is 4.68 Å². The monoisotopic (exact) mass is 221 g/mol. The van der Waals surface area contributed by atoms with Crippen molar-refractivity contribution in [1.82, 2.24) is 15.1 Å². The van der Waals surface area contributed by atoms with E-state index >= 15 is 0 Å². The van der Waals surface area contributed by atoms with Crippen LogP contribution in [0.3, 0.4) is 0 Å². The molecule has 1 saturated carbocycles. The first kappa shape index (κ1) is 11.2. The van der Waals surface area contributed by atoms with Crippen LogP contribution in [0.4, 0.5) is 0 Å². The first-order chi connectivity index (χ1) is 7.70. The highest BCUT2D eigenvalue weighted by atomic mass is 16.5. The SMILES string of the molecule is C=C(OCC)c1cc(CNC2CC2)n(C)n1. The van der Waals surface area contributed by atoms with E-state index in [4.69, 9.17) is 4.74 Å². The Labute approximate surface area is 96.3 Å². The maximum absolute atomic E-state index is 5.34. The summed E-state index contributed by atoms with van der Waals surface area (Å²) in [4.78, 5) is 0. The Kier molecular flexibility index (Phi) is 3.29. The average molecular weight is 221 g/mol. The molecule has 0 aliphatic heterocycles. The lowest BCUT2D eigenvalue weighted by molar-refractivity contribution is 0.297. The highest BCUT2D eigenvalue weighted by Crippen LogP contribution is 2.20. The van der Waals surface area contributed by atoms with Gasteiger partial charge in [-0.15, -0.1) is 0 Å². The number of aryl methyl sites for hydroxylation is 1. The van der Waals surface area contributed by atoms with E-state index in [9.17, 15) is 0 Å². The zero-order chi connectivity index (χ0) is 11.5. The van der Waals surface area contributed by atoms with Gasteiger partial charge in [0, 0.05) is 19.6 Å². The molecule has 0 atom stereocenters. The van der Waals surface area contributed by atoms with Gasteiger partial charge in [0.1, 0.15) is 11.5 Å². The minimum absolute atomic E-state index is 0.630. The Morgan fingerprint density at radius 2 is 2.44 bits per heavy atom. The molecular formula is C12H19N3O. The van der Waals surface area contributed by atoms with Crippen LogP contribution in [0.5, 0.6) is 0 Å². The summed E-state index contributed by atoms with van der Waals surface area (Å²) in [5.74, 6) is 0.649. The van der Waals surface area contributed by atoms with Crippen LogP contribution in [0.25, 0.3) is 5.76 Å². The lowest BCUT2D eigenvalue weighted by atomic mass is 10.3. The topological polar surface area (TPSA) is 39.1 Å². The van der Waals surface area contributed by atoms with Gasteiger partial charge in [-0.2, -0.15) is 5.10 Å². The smallest absolute Gasteiger partial charge is 0.139 e. The molecule has 0 aromatic carbocycles. The highest BCUT2D eigenvalue weighted by Gasteiger charge is 2.20. The summed E-state index contributed by atoms with van der Waals surface area (Å²) in [6.07, 6.45) is 2.60. The van der Waals surface area contributed by atoms with E-state index < -0.39 is 0 Å². The van der Waals surface area contributed by atoms with Gasteiger partial charge < -0.3 is 10.1 Å².